The van der Waals surface area contributed by atoms with E-state index in [2.05, 4.69) is 97.9 Å². The van der Waals surface area contributed by atoms with Crippen LogP contribution < -0.4 is 0 Å². The van der Waals surface area contributed by atoms with Crippen molar-refractivity contribution in [3.63, 3.8) is 0 Å². The van der Waals surface area contributed by atoms with E-state index in [0.29, 0.717) is 12.0 Å². The largest absolute Gasteiger partial charge is 0.294 e. The standard InChI is InChI=1S/C47H70O2/c1-35(2)19-13-20-36(3)21-14-22-37(4)23-15-24-38(5)25-16-26-39(6)27-17-28-40(7)29-18-30-41(8)32-33-43-42(9)45(48)44-31-11-12-34-47(44,10)46(43)49/h19,21,23,25,27,29,31-32H,11-18,20,22,24,26,28,30,33-34H2,1-10H3/b36-21+,37-23+,38-25+,39-27+,40-29+,41-32+. The molecule has 2 aliphatic rings. The number of allylic oxidation sites excluding steroid dienone is 18. The first-order valence-corrected chi connectivity index (χ1v) is 19.3. The summed E-state index contributed by atoms with van der Waals surface area (Å²) in [5.74, 6) is 0.251. The zero-order chi connectivity index (χ0) is 36.4. The zero-order valence-corrected chi connectivity index (χ0v) is 33.2. The smallest absolute Gasteiger partial charge is 0.185 e. The molecule has 0 radical (unpaired) electrons. The lowest BCUT2D eigenvalue weighted by Crippen LogP contribution is -2.41. The minimum absolute atomic E-state index is 0.0852. The molecule has 270 valence electrons. The van der Waals surface area contributed by atoms with Gasteiger partial charge in [0.15, 0.2) is 11.6 Å². The van der Waals surface area contributed by atoms with Gasteiger partial charge in [-0.2, -0.15) is 0 Å². The maximum absolute atomic E-state index is 13.4. The molecule has 2 aliphatic carbocycles. The van der Waals surface area contributed by atoms with Gasteiger partial charge >= 0.3 is 0 Å². The molecule has 49 heavy (non-hydrogen) atoms. The minimum Gasteiger partial charge on any atom is -0.294 e. The Hall–Kier alpha value is -3.00. The van der Waals surface area contributed by atoms with Crippen LogP contribution in [0, 0.1) is 5.41 Å². The highest BCUT2D eigenvalue weighted by molar-refractivity contribution is 6.23. The number of carbonyl (C=O) groups is 2. The fourth-order valence-electron chi connectivity index (χ4n) is 6.94. The Morgan fingerprint density at radius 1 is 0.592 bits per heavy atom. The van der Waals surface area contributed by atoms with Gasteiger partial charge in [-0.3, -0.25) is 9.59 Å². The molecule has 0 aromatic rings. The molecule has 0 amide bonds. The normalized spacial score (nSPS) is 20.2. The molecule has 0 bridgehead atoms. The Kier molecular flexibility index (Phi) is 18.9. The van der Waals surface area contributed by atoms with Crippen molar-refractivity contribution in [2.24, 2.45) is 5.41 Å². The predicted molar refractivity (Wildman–Crippen MR) is 215 cm³/mol. The van der Waals surface area contributed by atoms with E-state index in [4.69, 9.17) is 0 Å². The predicted octanol–water partition coefficient (Wildman–Crippen LogP) is 14.3. The van der Waals surface area contributed by atoms with E-state index in [-0.39, 0.29) is 11.6 Å². The summed E-state index contributed by atoms with van der Waals surface area (Å²) in [6.45, 7) is 21.7. The third-order valence-corrected chi connectivity index (χ3v) is 10.5. The second-order valence-corrected chi connectivity index (χ2v) is 15.6. The van der Waals surface area contributed by atoms with E-state index in [0.717, 1.165) is 94.6 Å². The van der Waals surface area contributed by atoms with E-state index < -0.39 is 5.41 Å². The second-order valence-electron chi connectivity index (χ2n) is 15.6. The molecule has 0 saturated heterocycles. The van der Waals surface area contributed by atoms with Crippen molar-refractivity contribution in [3.8, 4) is 0 Å². The van der Waals surface area contributed by atoms with Gasteiger partial charge in [0, 0.05) is 16.7 Å². The molecule has 0 aliphatic heterocycles. The van der Waals surface area contributed by atoms with Gasteiger partial charge in [0.25, 0.3) is 0 Å². The van der Waals surface area contributed by atoms with Crippen molar-refractivity contribution in [3.05, 3.63) is 104 Å². The van der Waals surface area contributed by atoms with Crippen LogP contribution in [0.25, 0.3) is 0 Å². The molecule has 0 fully saturated rings. The maximum Gasteiger partial charge on any atom is 0.185 e. The molecule has 2 nitrogen and oxygen atoms in total. The highest BCUT2D eigenvalue weighted by atomic mass is 16.1. The summed E-state index contributed by atoms with van der Waals surface area (Å²) in [6, 6.07) is 0. The number of hydrogen-bond acceptors (Lipinski definition) is 2. The SMILES string of the molecule is CC(C)=CCC/C(C)=C/CC/C(C)=C/CC/C(C)=C/CC/C(C)=C/CC/C(C)=C/CC/C(C)=C/CC1=C(C)C(=O)C2=CCCCC2(C)C1=O. The number of ketones is 2. The number of carbonyl (C=O) groups excluding carboxylic acids is 2. The van der Waals surface area contributed by atoms with E-state index in [9.17, 15) is 9.59 Å². The molecule has 0 aromatic heterocycles. The highest BCUT2D eigenvalue weighted by Crippen LogP contribution is 2.46. The molecule has 1 unspecified atom stereocenters. The maximum atomic E-state index is 13.4. The first-order valence-electron chi connectivity index (χ1n) is 19.3. The molecule has 0 heterocycles. The van der Waals surface area contributed by atoms with Crippen molar-refractivity contribution in [2.45, 2.75) is 172 Å². The summed E-state index contributed by atoms with van der Waals surface area (Å²) < 4.78 is 0. The summed E-state index contributed by atoms with van der Waals surface area (Å²) in [6.07, 6.45) is 35.2. The molecular formula is C47H70O2. The Balaban J connectivity index is 1.67. The van der Waals surface area contributed by atoms with Gasteiger partial charge in [-0.05, 0) is 172 Å². The average molecular weight is 667 g/mol. The topological polar surface area (TPSA) is 34.1 Å². The van der Waals surface area contributed by atoms with Crippen LogP contribution in [0.4, 0.5) is 0 Å². The molecule has 2 heteroatoms. The van der Waals surface area contributed by atoms with Crippen molar-refractivity contribution < 1.29 is 9.59 Å². The van der Waals surface area contributed by atoms with E-state index in [1.54, 1.807) is 0 Å². The molecular weight excluding hydrogens is 597 g/mol. The molecule has 2 rings (SSSR count). The summed E-state index contributed by atoms with van der Waals surface area (Å²) in [7, 11) is 0. The quantitative estimate of drug-likeness (QED) is 0.121. The monoisotopic (exact) mass is 667 g/mol. The second kappa shape index (κ2) is 22.0. The van der Waals surface area contributed by atoms with Crippen molar-refractivity contribution >= 4 is 11.6 Å². The lowest BCUT2D eigenvalue weighted by Gasteiger charge is -2.38. The van der Waals surface area contributed by atoms with Crippen LogP contribution in [0.1, 0.15) is 172 Å². The van der Waals surface area contributed by atoms with Gasteiger partial charge in [-0.15, -0.1) is 0 Å². The van der Waals surface area contributed by atoms with Crippen molar-refractivity contribution in [1.82, 2.24) is 0 Å². The van der Waals surface area contributed by atoms with Crippen molar-refractivity contribution in [1.29, 1.82) is 0 Å². The van der Waals surface area contributed by atoms with Crippen LogP contribution in [-0.4, -0.2) is 11.6 Å². The van der Waals surface area contributed by atoms with Gasteiger partial charge in [0.05, 0.1) is 5.41 Å². The summed E-state index contributed by atoms with van der Waals surface area (Å²) >= 11 is 0. The zero-order valence-electron chi connectivity index (χ0n) is 33.2. The molecule has 0 aromatic carbocycles. The number of rotatable bonds is 20. The minimum atomic E-state index is -0.617. The third-order valence-electron chi connectivity index (χ3n) is 10.5. The molecule has 0 saturated carbocycles. The van der Waals surface area contributed by atoms with E-state index in [1.165, 1.54) is 51.9 Å². The number of Topliss-reactive ketones (excluding diaryl/α,β-unsaturated/α-hetero) is 2. The molecule has 0 N–H and O–H groups in total. The Morgan fingerprint density at radius 2 is 0.959 bits per heavy atom. The van der Waals surface area contributed by atoms with Crippen LogP contribution >= 0.6 is 0 Å². The summed E-state index contributed by atoms with van der Waals surface area (Å²) in [4.78, 5) is 26.4. The van der Waals surface area contributed by atoms with Crippen LogP contribution in [0.3, 0.4) is 0 Å². The fourth-order valence-corrected chi connectivity index (χ4v) is 6.94. The molecule has 1 atom stereocenters. The van der Waals surface area contributed by atoms with Gasteiger partial charge in [0.2, 0.25) is 0 Å². The summed E-state index contributed by atoms with van der Waals surface area (Å²) in [5.41, 5.74) is 11.7. The van der Waals surface area contributed by atoms with Gasteiger partial charge in [-0.1, -0.05) is 87.6 Å². The van der Waals surface area contributed by atoms with E-state index >= 15 is 0 Å². The highest BCUT2D eigenvalue weighted by Gasteiger charge is 2.46. The average Bonchev–Trinajstić information content (AvgIpc) is 3.03. The van der Waals surface area contributed by atoms with Gasteiger partial charge in [0.1, 0.15) is 0 Å². The number of fused-ring (bicyclic) bond motifs is 1. The first kappa shape index (κ1) is 42.2. The lowest BCUT2D eigenvalue weighted by atomic mass is 9.63. The molecule has 0 spiro atoms. The first-order chi connectivity index (χ1) is 23.2. The van der Waals surface area contributed by atoms with E-state index in [1.807, 2.05) is 19.9 Å². The van der Waals surface area contributed by atoms with Gasteiger partial charge < -0.3 is 0 Å². The van der Waals surface area contributed by atoms with Crippen molar-refractivity contribution in [2.75, 3.05) is 0 Å². The fraction of sp³-hybridized carbons (Fsp3) is 0.574. The van der Waals surface area contributed by atoms with Crippen LogP contribution in [0.5, 0.6) is 0 Å². The van der Waals surface area contributed by atoms with Crippen LogP contribution in [-0.2, 0) is 9.59 Å². The Labute approximate surface area is 302 Å². The Morgan fingerprint density at radius 3 is 1.35 bits per heavy atom. The lowest BCUT2D eigenvalue weighted by molar-refractivity contribution is -0.127. The van der Waals surface area contributed by atoms with Gasteiger partial charge in [-0.25, -0.2) is 0 Å². The Bertz CT molecular complexity index is 1420. The third kappa shape index (κ3) is 15.2. The van der Waals surface area contributed by atoms with Crippen LogP contribution in [0.15, 0.2) is 104 Å². The summed E-state index contributed by atoms with van der Waals surface area (Å²) in [5, 5.41) is 0. The number of hydrogen-bond donors (Lipinski definition) is 0. The van der Waals surface area contributed by atoms with Crippen LogP contribution in [0.2, 0.25) is 0 Å².